The van der Waals surface area contributed by atoms with Gasteiger partial charge in [-0.05, 0) is 77.6 Å². The maximum atomic E-state index is 13.5. The summed E-state index contributed by atoms with van der Waals surface area (Å²) in [5.41, 5.74) is 7.76. The maximum absolute atomic E-state index is 13.5. The number of hydrogen-bond acceptors (Lipinski definition) is 2. The number of carbonyl (C=O) groups is 1. The number of rotatable bonds is 5. The molecule has 1 aromatic heterocycles. The van der Waals surface area contributed by atoms with Crippen molar-refractivity contribution in [2.24, 2.45) is 0 Å². The summed E-state index contributed by atoms with van der Waals surface area (Å²) in [6.07, 6.45) is 3.38. The van der Waals surface area contributed by atoms with Gasteiger partial charge in [-0.3, -0.25) is 5.32 Å². The van der Waals surface area contributed by atoms with Crippen molar-refractivity contribution in [2.45, 2.75) is 58.8 Å². The van der Waals surface area contributed by atoms with Crippen molar-refractivity contribution in [3.8, 4) is 11.1 Å². The Morgan fingerprint density at radius 3 is 2.19 bits per heavy atom. The van der Waals surface area contributed by atoms with E-state index in [-0.39, 0.29) is 17.9 Å². The molecule has 1 heterocycles. The van der Waals surface area contributed by atoms with E-state index in [1.54, 1.807) is 17.4 Å². The van der Waals surface area contributed by atoms with E-state index < -0.39 is 0 Å². The second-order valence-corrected chi connectivity index (χ2v) is 12.0. The molecule has 2 amide bonds. The molecule has 5 rings (SSSR count). The number of benzene rings is 3. The van der Waals surface area contributed by atoms with Gasteiger partial charge < -0.3 is 5.32 Å². The van der Waals surface area contributed by atoms with Crippen LogP contribution >= 0.6 is 34.5 Å². The average Bonchev–Trinajstić information content (AvgIpc) is 3.40. The van der Waals surface area contributed by atoms with Crippen LogP contribution in [0.5, 0.6) is 0 Å². The molecule has 0 saturated carbocycles. The summed E-state index contributed by atoms with van der Waals surface area (Å²) < 4.78 is 1.15. The number of para-hydroxylation sites is 1. The highest BCUT2D eigenvalue weighted by molar-refractivity contribution is 7.23. The molecule has 3 aromatic carbocycles. The van der Waals surface area contributed by atoms with Crippen molar-refractivity contribution in [2.75, 3.05) is 10.6 Å². The molecule has 0 bridgehead atoms. The minimum Gasteiger partial charge on any atom is -0.307 e. The predicted octanol–water partition coefficient (Wildman–Crippen LogP) is 10.3. The first-order valence-electron chi connectivity index (χ1n) is 12.5. The summed E-state index contributed by atoms with van der Waals surface area (Å²) in [5.74, 6) is 0.572. The minimum atomic E-state index is -0.254. The fraction of sp³-hybridized carbons (Fsp3) is 0.300. The van der Waals surface area contributed by atoms with Crippen LogP contribution in [0.4, 0.5) is 15.5 Å². The Morgan fingerprint density at radius 2 is 1.56 bits per heavy atom. The highest BCUT2D eigenvalue weighted by atomic mass is 35.5. The second-order valence-electron chi connectivity index (χ2n) is 10.1. The Balaban J connectivity index is 1.58. The van der Waals surface area contributed by atoms with Crippen LogP contribution in [0.3, 0.4) is 0 Å². The molecule has 0 fully saturated rings. The van der Waals surface area contributed by atoms with Crippen LogP contribution in [-0.2, 0) is 12.8 Å². The molecule has 0 atom stereocenters. The van der Waals surface area contributed by atoms with Crippen LogP contribution < -0.4 is 10.6 Å². The van der Waals surface area contributed by atoms with Gasteiger partial charge in [-0.15, -0.1) is 11.3 Å². The first kappa shape index (κ1) is 25.1. The number of thiophene rings is 1. The number of amides is 2. The molecule has 1 aliphatic carbocycles. The van der Waals surface area contributed by atoms with Crippen molar-refractivity contribution < 1.29 is 4.79 Å². The zero-order chi connectivity index (χ0) is 25.6. The molecule has 36 heavy (non-hydrogen) atoms. The number of hydrogen-bond donors (Lipinski definition) is 2. The lowest BCUT2D eigenvalue weighted by Crippen LogP contribution is -2.21. The number of carbonyl (C=O) groups excluding carboxylic acids is 1. The molecule has 0 unspecified atom stereocenters. The van der Waals surface area contributed by atoms with E-state index in [4.69, 9.17) is 23.2 Å². The molecule has 0 saturated heterocycles. The Labute approximate surface area is 226 Å². The third-order valence-corrected chi connectivity index (χ3v) is 8.56. The topological polar surface area (TPSA) is 41.1 Å². The largest absolute Gasteiger partial charge is 0.324 e. The molecule has 2 N–H and O–H groups in total. The van der Waals surface area contributed by atoms with Crippen LogP contribution in [-0.4, -0.2) is 6.03 Å². The summed E-state index contributed by atoms with van der Waals surface area (Å²) in [6.45, 7) is 8.59. The molecular formula is C30H30Cl2N2OS. The zero-order valence-corrected chi connectivity index (χ0v) is 23.3. The smallest absolute Gasteiger partial charge is 0.307 e. The molecule has 0 aliphatic heterocycles. The summed E-state index contributed by atoms with van der Waals surface area (Å²) in [6, 6.07) is 16.1. The van der Waals surface area contributed by atoms with Gasteiger partial charge in [0, 0.05) is 31.9 Å². The quantitative estimate of drug-likeness (QED) is 0.261. The van der Waals surface area contributed by atoms with E-state index in [2.05, 4.69) is 68.7 Å². The standard InChI is InChI=1S/C30H30Cl2N2OS/c1-16(2)21-9-6-10-22(17(3)4)28(21)33-30(35)34-29-27(23-12-11-20(31)15-25(23)32)24-13-18-7-5-8-19(18)14-26(24)36-29/h6,9-17H,5,7-8H2,1-4H3,(H2,33,34,35). The van der Waals surface area contributed by atoms with E-state index >= 15 is 0 Å². The number of fused-ring (bicyclic) bond motifs is 2. The summed E-state index contributed by atoms with van der Waals surface area (Å²) >= 11 is 14.5. The molecule has 3 nitrogen and oxygen atoms in total. The van der Waals surface area contributed by atoms with Crippen molar-refractivity contribution in [1.82, 2.24) is 0 Å². The van der Waals surface area contributed by atoms with Crippen molar-refractivity contribution in [3.63, 3.8) is 0 Å². The monoisotopic (exact) mass is 536 g/mol. The van der Waals surface area contributed by atoms with Crippen molar-refractivity contribution in [3.05, 3.63) is 80.8 Å². The summed E-state index contributed by atoms with van der Waals surface area (Å²) in [4.78, 5) is 13.5. The predicted molar refractivity (Wildman–Crippen MR) is 157 cm³/mol. The normalized spacial score (nSPS) is 13.0. The fourth-order valence-corrected chi connectivity index (χ4v) is 6.82. The third kappa shape index (κ3) is 4.74. The highest BCUT2D eigenvalue weighted by Gasteiger charge is 2.23. The van der Waals surface area contributed by atoms with Gasteiger partial charge in [0.15, 0.2) is 0 Å². The van der Waals surface area contributed by atoms with Crippen LogP contribution in [0.1, 0.15) is 68.2 Å². The summed E-state index contributed by atoms with van der Waals surface area (Å²) in [7, 11) is 0. The number of nitrogens with one attached hydrogen (secondary N) is 2. The molecular weight excluding hydrogens is 507 g/mol. The van der Waals surface area contributed by atoms with Crippen LogP contribution in [0, 0.1) is 0 Å². The zero-order valence-electron chi connectivity index (χ0n) is 21.0. The molecule has 0 radical (unpaired) electrons. The van der Waals surface area contributed by atoms with Gasteiger partial charge in [-0.1, -0.05) is 75.2 Å². The molecule has 4 aromatic rings. The Hall–Kier alpha value is -2.53. The SMILES string of the molecule is CC(C)c1cccc(C(C)C)c1NC(=O)Nc1sc2cc3c(cc2c1-c1ccc(Cl)cc1Cl)CCC3. The Bertz CT molecular complexity index is 1450. The molecule has 186 valence electrons. The molecule has 1 aliphatic rings. The molecule has 0 spiro atoms. The second kappa shape index (κ2) is 10.1. The van der Waals surface area contributed by atoms with E-state index in [0.29, 0.717) is 10.0 Å². The lowest BCUT2D eigenvalue weighted by Gasteiger charge is -2.20. The van der Waals surface area contributed by atoms with Gasteiger partial charge in [0.2, 0.25) is 0 Å². The summed E-state index contributed by atoms with van der Waals surface area (Å²) in [5, 5.41) is 9.41. The van der Waals surface area contributed by atoms with Crippen molar-refractivity contribution >= 4 is 61.3 Å². The minimum absolute atomic E-state index is 0.254. The maximum Gasteiger partial charge on any atom is 0.324 e. The molecule has 6 heteroatoms. The Kier molecular flexibility index (Phi) is 7.04. The number of urea groups is 1. The number of anilines is 2. The fourth-order valence-electron chi connectivity index (χ4n) is 5.16. The van der Waals surface area contributed by atoms with Gasteiger partial charge in [0.1, 0.15) is 5.00 Å². The average molecular weight is 538 g/mol. The van der Waals surface area contributed by atoms with Gasteiger partial charge in [-0.2, -0.15) is 0 Å². The lowest BCUT2D eigenvalue weighted by molar-refractivity contribution is 0.262. The third-order valence-electron chi connectivity index (χ3n) is 6.94. The van der Waals surface area contributed by atoms with E-state index in [9.17, 15) is 4.79 Å². The lowest BCUT2D eigenvalue weighted by atomic mass is 9.93. The highest BCUT2D eigenvalue weighted by Crippen LogP contribution is 2.47. The van der Waals surface area contributed by atoms with Crippen LogP contribution in [0.15, 0.2) is 48.5 Å². The van der Waals surface area contributed by atoms with Crippen LogP contribution in [0.25, 0.3) is 21.2 Å². The first-order valence-corrected chi connectivity index (χ1v) is 14.0. The van der Waals surface area contributed by atoms with E-state index in [0.717, 1.165) is 55.9 Å². The van der Waals surface area contributed by atoms with Gasteiger partial charge in [0.05, 0.1) is 5.02 Å². The number of aryl methyl sites for hydroxylation is 2. The first-order chi connectivity index (χ1) is 17.2. The Morgan fingerprint density at radius 1 is 0.889 bits per heavy atom. The van der Waals surface area contributed by atoms with Gasteiger partial charge in [-0.25, -0.2) is 4.79 Å². The van der Waals surface area contributed by atoms with Crippen LogP contribution in [0.2, 0.25) is 10.0 Å². The van der Waals surface area contributed by atoms with E-state index in [1.165, 1.54) is 17.5 Å². The number of halogens is 2. The van der Waals surface area contributed by atoms with Gasteiger partial charge >= 0.3 is 6.03 Å². The van der Waals surface area contributed by atoms with Gasteiger partial charge in [0.25, 0.3) is 0 Å². The van der Waals surface area contributed by atoms with Crippen molar-refractivity contribution in [1.29, 1.82) is 0 Å². The van der Waals surface area contributed by atoms with E-state index in [1.807, 2.05) is 12.1 Å².